The van der Waals surface area contributed by atoms with Crippen LogP contribution in [0.4, 0.5) is 0 Å². The molecular weight excluding hydrogens is 310 g/mol. The van der Waals surface area contributed by atoms with Crippen molar-refractivity contribution in [1.82, 2.24) is 4.90 Å². The zero-order valence-electron chi connectivity index (χ0n) is 15.8. The molecule has 132 valence electrons. The second-order valence-electron chi connectivity index (χ2n) is 7.46. The van der Waals surface area contributed by atoms with Crippen LogP contribution in [-0.2, 0) is 13.0 Å². The lowest BCUT2D eigenvalue weighted by atomic mass is 9.76. The van der Waals surface area contributed by atoms with Gasteiger partial charge in [0.15, 0.2) is 11.5 Å². The van der Waals surface area contributed by atoms with Crippen molar-refractivity contribution in [3.05, 3.63) is 57.6 Å². The molecule has 0 radical (unpaired) electrons. The molecule has 0 saturated carbocycles. The minimum absolute atomic E-state index is 0.435. The highest BCUT2D eigenvalue weighted by atomic mass is 16.5. The van der Waals surface area contributed by atoms with E-state index < -0.39 is 0 Å². The summed E-state index contributed by atoms with van der Waals surface area (Å²) in [6.07, 6.45) is 1.13. The van der Waals surface area contributed by atoms with Crippen molar-refractivity contribution in [3.63, 3.8) is 0 Å². The maximum absolute atomic E-state index is 5.72. The van der Waals surface area contributed by atoms with Gasteiger partial charge in [-0.25, -0.2) is 0 Å². The van der Waals surface area contributed by atoms with Gasteiger partial charge in [0, 0.05) is 30.6 Å². The summed E-state index contributed by atoms with van der Waals surface area (Å²) in [6, 6.07) is 9.55. The molecule has 3 nitrogen and oxygen atoms in total. The van der Waals surface area contributed by atoms with Gasteiger partial charge in [0.2, 0.25) is 0 Å². The zero-order valence-corrected chi connectivity index (χ0v) is 15.8. The molecule has 25 heavy (non-hydrogen) atoms. The van der Waals surface area contributed by atoms with Crippen molar-refractivity contribution in [2.45, 2.75) is 45.7 Å². The Hall–Kier alpha value is -2.00. The van der Waals surface area contributed by atoms with Crippen molar-refractivity contribution < 1.29 is 9.47 Å². The Morgan fingerprint density at radius 1 is 1.00 bits per heavy atom. The summed E-state index contributed by atoms with van der Waals surface area (Å²) in [6.45, 7) is 8.83. The first-order chi connectivity index (χ1) is 12.0. The van der Waals surface area contributed by atoms with Crippen molar-refractivity contribution in [3.8, 4) is 11.5 Å². The first-order valence-corrected chi connectivity index (χ1v) is 9.13. The highest BCUT2D eigenvalue weighted by molar-refractivity contribution is 5.54. The van der Waals surface area contributed by atoms with Crippen LogP contribution < -0.4 is 9.47 Å². The van der Waals surface area contributed by atoms with Crippen LogP contribution >= 0.6 is 0 Å². The number of hydrogen-bond donors (Lipinski definition) is 0. The van der Waals surface area contributed by atoms with Crippen LogP contribution in [0.2, 0.25) is 0 Å². The van der Waals surface area contributed by atoms with Crippen LogP contribution in [0.25, 0.3) is 0 Å². The van der Waals surface area contributed by atoms with E-state index in [-0.39, 0.29) is 0 Å². The molecule has 4 rings (SSSR count). The van der Waals surface area contributed by atoms with E-state index >= 15 is 0 Å². The molecule has 0 fully saturated rings. The number of benzene rings is 2. The first-order valence-electron chi connectivity index (χ1n) is 9.13. The minimum atomic E-state index is 0.435. The van der Waals surface area contributed by atoms with E-state index in [2.05, 4.69) is 43.9 Å². The molecule has 2 aliphatic rings. The van der Waals surface area contributed by atoms with E-state index in [1.165, 1.54) is 33.4 Å². The lowest BCUT2D eigenvalue weighted by Gasteiger charge is -2.45. The van der Waals surface area contributed by atoms with Crippen molar-refractivity contribution >= 4 is 0 Å². The van der Waals surface area contributed by atoms with E-state index in [1.807, 2.05) is 6.07 Å². The molecule has 2 aliphatic heterocycles. The van der Waals surface area contributed by atoms with Gasteiger partial charge in [0.05, 0.1) is 14.2 Å². The van der Waals surface area contributed by atoms with Crippen LogP contribution in [0.1, 0.15) is 52.3 Å². The molecule has 3 heteroatoms. The van der Waals surface area contributed by atoms with E-state index in [1.54, 1.807) is 14.2 Å². The van der Waals surface area contributed by atoms with E-state index in [0.717, 1.165) is 31.0 Å². The van der Waals surface area contributed by atoms with Crippen LogP contribution in [-0.4, -0.2) is 25.7 Å². The summed E-state index contributed by atoms with van der Waals surface area (Å²) >= 11 is 0. The van der Waals surface area contributed by atoms with E-state index in [4.69, 9.17) is 9.47 Å². The number of aryl methyl sites for hydroxylation is 2. The Bertz CT molecular complexity index is 827. The number of fused-ring (bicyclic) bond motifs is 4. The van der Waals surface area contributed by atoms with Crippen molar-refractivity contribution in [2.75, 3.05) is 20.8 Å². The third kappa shape index (κ3) is 2.44. The lowest BCUT2D eigenvalue weighted by Crippen LogP contribution is -2.41. The smallest absolute Gasteiger partial charge is 0.165 e. The predicted octanol–water partition coefficient (Wildman–Crippen LogP) is 4.54. The Kier molecular flexibility index (Phi) is 3.99. The normalized spacial score (nSPS) is 22.0. The van der Waals surface area contributed by atoms with Gasteiger partial charge in [0.25, 0.3) is 0 Å². The average molecular weight is 337 g/mol. The molecular formula is C22H27NO2. The highest BCUT2D eigenvalue weighted by Crippen LogP contribution is 2.49. The third-order valence-electron chi connectivity index (χ3n) is 6.15. The van der Waals surface area contributed by atoms with Gasteiger partial charge < -0.3 is 9.47 Å². The van der Waals surface area contributed by atoms with Gasteiger partial charge in [-0.3, -0.25) is 4.90 Å². The highest BCUT2D eigenvalue weighted by Gasteiger charge is 2.38. The van der Waals surface area contributed by atoms with Crippen molar-refractivity contribution in [1.29, 1.82) is 0 Å². The summed E-state index contributed by atoms with van der Waals surface area (Å²) in [5.74, 6) is 2.16. The molecule has 0 saturated heterocycles. The molecule has 2 atom stereocenters. The fourth-order valence-electron chi connectivity index (χ4n) is 4.72. The van der Waals surface area contributed by atoms with Gasteiger partial charge in [-0.05, 0) is 54.2 Å². The topological polar surface area (TPSA) is 21.7 Å². The van der Waals surface area contributed by atoms with Gasteiger partial charge in [-0.15, -0.1) is 0 Å². The van der Waals surface area contributed by atoms with Crippen LogP contribution in [0.15, 0.2) is 24.3 Å². The average Bonchev–Trinajstić information content (AvgIpc) is 2.61. The van der Waals surface area contributed by atoms with Gasteiger partial charge in [-0.1, -0.05) is 25.1 Å². The minimum Gasteiger partial charge on any atom is -0.493 e. The van der Waals surface area contributed by atoms with Gasteiger partial charge in [-0.2, -0.15) is 0 Å². The summed E-state index contributed by atoms with van der Waals surface area (Å²) in [5.41, 5.74) is 8.53. The Morgan fingerprint density at radius 3 is 2.48 bits per heavy atom. The maximum Gasteiger partial charge on any atom is 0.165 e. The van der Waals surface area contributed by atoms with Crippen LogP contribution in [0.3, 0.4) is 0 Å². The molecule has 0 aromatic heterocycles. The SMILES string of the molecule is COc1ccc2c(c1OC)CN1CCc3cc(C)c(C)cc3[C@H]1[C@H]2C. The molecule has 0 N–H and O–H groups in total. The molecule has 2 heterocycles. The summed E-state index contributed by atoms with van der Waals surface area (Å²) in [5, 5.41) is 0. The standard InChI is InChI=1S/C22H27NO2/c1-13-10-16-8-9-23-12-19-17(6-7-20(24-4)22(19)25-5)15(3)21(23)18(16)11-14(13)2/h6-7,10-11,15,21H,8-9,12H2,1-5H3/t15-,21+/m0/s1. The molecule has 2 aromatic carbocycles. The predicted molar refractivity (Wildman–Crippen MR) is 101 cm³/mol. The zero-order chi connectivity index (χ0) is 17.7. The Labute approximate surface area is 150 Å². The Morgan fingerprint density at radius 2 is 1.76 bits per heavy atom. The molecule has 0 amide bonds. The molecule has 2 aromatic rings. The van der Waals surface area contributed by atoms with Crippen molar-refractivity contribution in [2.24, 2.45) is 0 Å². The van der Waals surface area contributed by atoms with Gasteiger partial charge >= 0.3 is 0 Å². The molecule has 0 aliphatic carbocycles. The number of ether oxygens (including phenoxy) is 2. The number of hydrogen-bond acceptors (Lipinski definition) is 3. The fourth-order valence-corrected chi connectivity index (χ4v) is 4.72. The second kappa shape index (κ2) is 6.06. The largest absolute Gasteiger partial charge is 0.493 e. The van der Waals surface area contributed by atoms with Gasteiger partial charge in [0.1, 0.15) is 0 Å². The quantitative estimate of drug-likeness (QED) is 0.803. The molecule has 0 bridgehead atoms. The lowest BCUT2D eigenvalue weighted by molar-refractivity contribution is 0.136. The number of methoxy groups -OCH3 is 2. The summed E-state index contributed by atoms with van der Waals surface area (Å²) < 4.78 is 11.2. The summed E-state index contributed by atoms with van der Waals surface area (Å²) in [7, 11) is 3.45. The first kappa shape index (κ1) is 16.5. The summed E-state index contributed by atoms with van der Waals surface area (Å²) in [4.78, 5) is 2.62. The number of rotatable bonds is 2. The Balaban J connectivity index is 1.84. The third-order valence-corrected chi connectivity index (χ3v) is 6.15. The van der Waals surface area contributed by atoms with Crippen LogP contribution in [0.5, 0.6) is 11.5 Å². The van der Waals surface area contributed by atoms with E-state index in [0.29, 0.717) is 12.0 Å². The molecule has 0 spiro atoms. The molecule has 0 unspecified atom stereocenters. The number of nitrogens with zero attached hydrogens (tertiary/aromatic N) is 1. The van der Waals surface area contributed by atoms with Crippen LogP contribution in [0, 0.1) is 13.8 Å². The second-order valence-corrected chi connectivity index (χ2v) is 7.46. The maximum atomic E-state index is 5.72. The fraction of sp³-hybridized carbons (Fsp3) is 0.455. The van der Waals surface area contributed by atoms with E-state index in [9.17, 15) is 0 Å². The monoisotopic (exact) mass is 337 g/mol.